The van der Waals surface area contributed by atoms with Gasteiger partial charge in [-0.3, -0.25) is 9.97 Å². The van der Waals surface area contributed by atoms with Crippen LogP contribution in [0.4, 0.5) is 0 Å². The summed E-state index contributed by atoms with van der Waals surface area (Å²) in [6.07, 6.45) is 3.21. The van der Waals surface area contributed by atoms with Gasteiger partial charge < -0.3 is 14.8 Å². The van der Waals surface area contributed by atoms with Gasteiger partial charge in [0.1, 0.15) is 0 Å². The second-order valence-electron chi connectivity index (χ2n) is 5.84. The predicted molar refractivity (Wildman–Crippen MR) is 78.6 cm³/mol. The van der Waals surface area contributed by atoms with Gasteiger partial charge in [0.05, 0.1) is 22.2 Å². The molecule has 2 N–H and O–H groups in total. The van der Waals surface area contributed by atoms with E-state index in [0.29, 0.717) is 11.0 Å². The van der Waals surface area contributed by atoms with Crippen LogP contribution in [0.25, 0.3) is 11.0 Å². The van der Waals surface area contributed by atoms with E-state index in [4.69, 9.17) is 4.65 Å². The molecule has 0 saturated carbocycles. The molecular weight excluding hydrogens is 255 g/mol. The fourth-order valence-electron chi connectivity index (χ4n) is 1.63. The van der Waals surface area contributed by atoms with Gasteiger partial charge in [-0.15, -0.1) is 0 Å². The topological polar surface area (TPSA) is 75.5 Å². The first-order chi connectivity index (χ1) is 9.21. The molecule has 0 unspecified atom stereocenters. The molecule has 106 valence electrons. The number of benzene rings is 1. The van der Waals surface area contributed by atoms with E-state index in [9.17, 15) is 10.1 Å². The summed E-state index contributed by atoms with van der Waals surface area (Å²) in [4.78, 5) is 8.36. The zero-order chi connectivity index (χ0) is 15.0. The third kappa shape index (κ3) is 2.98. The first-order valence-electron chi connectivity index (χ1n) is 6.50. The Bertz CT molecular complexity index is 611. The van der Waals surface area contributed by atoms with E-state index >= 15 is 0 Å². The lowest BCUT2D eigenvalue weighted by Crippen LogP contribution is -2.53. The van der Waals surface area contributed by atoms with Crippen molar-refractivity contribution in [1.82, 2.24) is 9.97 Å². The molecule has 1 aromatic heterocycles. The van der Waals surface area contributed by atoms with Gasteiger partial charge in [0, 0.05) is 12.4 Å². The summed E-state index contributed by atoms with van der Waals surface area (Å²) in [5.41, 5.74) is 0.0446. The van der Waals surface area contributed by atoms with Crippen molar-refractivity contribution in [3.8, 4) is 0 Å². The molecule has 0 aliphatic heterocycles. The molecule has 0 atom stereocenters. The summed E-state index contributed by atoms with van der Waals surface area (Å²) < 4.78 is 5.59. The minimum absolute atomic E-state index is 0.579. The molecule has 0 amide bonds. The maximum atomic E-state index is 10.2. The number of hydrogen-bond donors (Lipinski definition) is 2. The minimum atomic E-state index is -1.14. The van der Waals surface area contributed by atoms with Crippen LogP contribution in [-0.2, 0) is 4.65 Å². The summed E-state index contributed by atoms with van der Waals surface area (Å²) in [7, 11) is -1.14. The van der Waals surface area contributed by atoms with E-state index in [2.05, 4.69) is 9.97 Å². The quantitative estimate of drug-likeness (QED) is 0.809. The van der Waals surface area contributed by atoms with Crippen molar-refractivity contribution >= 4 is 23.6 Å². The lowest BCUT2D eigenvalue weighted by Gasteiger charge is -2.38. The number of aliphatic hydroxyl groups is 1. The summed E-state index contributed by atoms with van der Waals surface area (Å²) in [6, 6.07) is 5.25. The van der Waals surface area contributed by atoms with Gasteiger partial charge >= 0.3 is 7.12 Å². The average Bonchev–Trinajstić information content (AvgIpc) is 2.36. The Morgan fingerprint density at radius 1 is 1.05 bits per heavy atom. The molecule has 1 aromatic carbocycles. The van der Waals surface area contributed by atoms with Crippen LogP contribution in [0.5, 0.6) is 0 Å². The van der Waals surface area contributed by atoms with E-state index < -0.39 is 18.3 Å². The van der Waals surface area contributed by atoms with Crippen LogP contribution >= 0.6 is 0 Å². The number of hydrogen-bond acceptors (Lipinski definition) is 5. The van der Waals surface area contributed by atoms with Gasteiger partial charge in [0.15, 0.2) is 0 Å². The van der Waals surface area contributed by atoms with Gasteiger partial charge in [-0.1, -0.05) is 6.07 Å². The highest BCUT2D eigenvalue weighted by Gasteiger charge is 2.39. The fourth-order valence-corrected chi connectivity index (χ4v) is 1.63. The molecule has 0 spiro atoms. The highest BCUT2D eigenvalue weighted by Crippen LogP contribution is 2.25. The Balaban J connectivity index is 2.25. The third-order valence-corrected chi connectivity index (χ3v) is 3.66. The van der Waals surface area contributed by atoms with Crippen molar-refractivity contribution in [3.63, 3.8) is 0 Å². The predicted octanol–water partition coefficient (Wildman–Crippen LogP) is 0.883. The van der Waals surface area contributed by atoms with Crippen molar-refractivity contribution in [1.29, 1.82) is 0 Å². The van der Waals surface area contributed by atoms with Gasteiger partial charge in [-0.05, 0) is 45.3 Å². The monoisotopic (exact) mass is 274 g/mol. The molecule has 20 heavy (non-hydrogen) atoms. The smallest absolute Gasteiger partial charge is 0.423 e. The third-order valence-electron chi connectivity index (χ3n) is 3.66. The molecule has 5 nitrogen and oxygen atoms in total. The summed E-state index contributed by atoms with van der Waals surface area (Å²) >= 11 is 0. The SMILES string of the molecule is CC(C)(O)C(C)(C)OB(O)c1ccc2nccnc2c1. The van der Waals surface area contributed by atoms with Crippen LogP contribution in [0, 0.1) is 0 Å². The molecular formula is C14H19BN2O3. The summed E-state index contributed by atoms with van der Waals surface area (Å²) in [5.74, 6) is 0. The number of fused-ring (bicyclic) bond motifs is 1. The first-order valence-corrected chi connectivity index (χ1v) is 6.50. The molecule has 0 fully saturated rings. The number of rotatable bonds is 4. The normalized spacial score (nSPS) is 12.7. The van der Waals surface area contributed by atoms with Gasteiger partial charge in [-0.2, -0.15) is 0 Å². The van der Waals surface area contributed by atoms with Crippen molar-refractivity contribution in [2.45, 2.75) is 38.9 Å². The molecule has 0 bridgehead atoms. The molecule has 2 rings (SSSR count). The number of aromatic nitrogens is 2. The van der Waals surface area contributed by atoms with E-state index in [1.54, 1.807) is 58.3 Å². The van der Waals surface area contributed by atoms with E-state index in [0.717, 1.165) is 5.52 Å². The molecule has 0 radical (unpaired) electrons. The largest absolute Gasteiger partial charge is 0.491 e. The maximum absolute atomic E-state index is 10.2. The first kappa shape index (κ1) is 14.9. The van der Waals surface area contributed by atoms with Gasteiger partial charge in [0.25, 0.3) is 0 Å². The Kier molecular flexibility index (Phi) is 3.82. The van der Waals surface area contributed by atoms with Crippen LogP contribution in [0.2, 0.25) is 0 Å². The van der Waals surface area contributed by atoms with E-state index in [-0.39, 0.29) is 0 Å². The van der Waals surface area contributed by atoms with Crippen LogP contribution in [0.3, 0.4) is 0 Å². The van der Waals surface area contributed by atoms with Crippen LogP contribution < -0.4 is 5.46 Å². The molecule has 2 aromatic rings. The lowest BCUT2D eigenvalue weighted by molar-refractivity contribution is -0.0982. The van der Waals surface area contributed by atoms with Crippen molar-refractivity contribution in [2.24, 2.45) is 0 Å². The Morgan fingerprint density at radius 2 is 1.65 bits per heavy atom. The minimum Gasteiger partial charge on any atom is -0.423 e. The lowest BCUT2D eigenvalue weighted by atomic mass is 9.76. The fraction of sp³-hybridized carbons (Fsp3) is 0.429. The van der Waals surface area contributed by atoms with Crippen molar-refractivity contribution in [2.75, 3.05) is 0 Å². The Morgan fingerprint density at radius 3 is 2.25 bits per heavy atom. The van der Waals surface area contributed by atoms with Crippen molar-refractivity contribution in [3.05, 3.63) is 30.6 Å². The standard InChI is InChI=1S/C14H19BN2O3/c1-13(2,18)14(3,4)20-15(19)10-5-6-11-12(9-10)17-8-7-16-11/h5-9,18-19H,1-4H3. The Hall–Kier alpha value is -1.50. The van der Waals surface area contributed by atoms with E-state index in [1.807, 2.05) is 0 Å². The van der Waals surface area contributed by atoms with Crippen LogP contribution in [-0.4, -0.2) is 38.4 Å². The Labute approximate surface area is 118 Å². The molecule has 0 aliphatic rings. The van der Waals surface area contributed by atoms with Crippen molar-refractivity contribution < 1.29 is 14.8 Å². The van der Waals surface area contributed by atoms with Gasteiger partial charge in [0.2, 0.25) is 0 Å². The molecule has 0 aliphatic carbocycles. The zero-order valence-electron chi connectivity index (χ0n) is 12.2. The maximum Gasteiger partial charge on any atom is 0.491 e. The van der Waals surface area contributed by atoms with E-state index in [1.165, 1.54) is 0 Å². The molecule has 1 heterocycles. The number of nitrogens with zero attached hydrogens (tertiary/aromatic N) is 2. The highest BCUT2D eigenvalue weighted by molar-refractivity contribution is 6.60. The van der Waals surface area contributed by atoms with Crippen LogP contribution in [0.1, 0.15) is 27.7 Å². The van der Waals surface area contributed by atoms with Gasteiger partial charge in [-0.25, -0.2) is 0 Å². The van der Waals surface area contributed by atoms with Crippen LogP contribution in [0.15, 0.2) is 30.6 Å². The molecule has 0 saturated heterocycles. The summed E-state index contributed by atoms with van der Waals surface area (Å²) in [6.45, 7) is 6.76. The summed E-state index contributed by atoms with van der Waals surface area (Å²) in [5, 5.41) is 20.3. The second kappa shape index (κ2) is 5.12. The second-order valence-corrected chi connectivity index (χ2v) is 5.84. The average molecular weight is 274 g/mol. The molecule has 6 heteroatoms. The highest BCUT2D eigenvalue weighted by atomic mass is 16.5. The zero-order valence-corrected chi connectivity index (χ0v) is 12.2.